The third kappa shape index (κ3) is 5.05. The van der Waals surface area contributed by atoms with Gasteiger partial charge in [-0.2, -0.15) is 0 Å². The molecule has 142 valence electrons. The van der Waals surface area contributed by atoms with Crippen LogP contribution in [0.4, 0.5) is 0 Å². The molecule has 26 heavy (non-hydrogen) atoms. The maximum absolute atomic E-state index is 12.5. The molecule has 0 bridgehead atoms. The minimum Gasteiger partial charge on any atom is -0.340 e. The van der Waals surface area contributed by atoms with Crippen LogP contribution in [-0.2, 0) is 16.0 Å². The number of nitrogens with one attached hydrogen (secondary N) is 1. The minimum atomic E-state index is 0.204. The van der Waals surface area contributed by atoms with Crippen molar-refractivity contribution < 1.29 is 9.59 Å². The molecule has 1 N–H and O–H groups in total. The number of hydrogen-bond donors (Lipinski definition) is 1. The normalized spacial score (nSPS) is 18.8. The molecule has 2 aliphatic rings. The second-order valence-corrected chi connectivity index (χ2v) is 7.21. The molecule has 2 aliphatic heterocycles. The van der Waals surface area contributed by atoms with Gasteiger partial charge in [0.1, 0.15) is 0 Å². The fraction of sp³-hybridized carbons (Fsp3) is 0.600. The van der Waals surface area contributed by atoms with Gasteiger partial charge < -0.3 is 15.1 Å². The average Bonchev–Trinajstić information content (AvgIpc) is 2.69. The molecule has 0 aromatic heterocycles. The molecule has 0 spiro atoms. The van der Waals surface area contributed by atoms with E-state index in [2.05, 4.69) is 23.2 Å². The Morgan fingerprint density at radius 3 is 2.27 bits per heavy atom. The molecule has 2 saturated heterocycles. The molecule has 2 fully saturated rings. The van der Waals surface area contributed by atoms with Crippen molar-refractivity contribution in [1.82, 2.24) is 20.0 Å². The Labute approximate surface area is 156 Å². The summed E-state index contributed by atoms with van der Waals surface area (Å²) >= 11 is 0. The van der Waals surface area contributed by atoms with Crippen LogP contribution in [0.1, 0.15) is 17.5 Å². The Balaban J connectivity index is 1.39. The number of hydrogen-bond acceptors (Lipinski definition) is 4. The summed E-state index contributed by atoms with van der Waals surface area (Å²) in [5, 5.41) is 3.27. The molecule has 2 heterocycles. The summed E-state index contributed by atoms with van der Waals surface area (Å²) in [7, 11) is 0. The molecule has 6 nitrogen and oxygen atoms in total. The summed E-state index contributed by atoms with van der Waals surface area (Å²) < 4.78 is 0. The first kappa shape index (κ1) is 18.9. The van der Waals surface area contributed by atoms with Crippen molar-refractivity contribution in [1.29, 1.82) is 0 Å². The van der Waals surface area contributed by atoms with Gasteiger partial charge in [0.15, 0.2) is 0 Å². The zero-order chi connectivity index (χ0) is 18.4. The van der Waals surface area contributed by atoms with Gasteiger partial charge in [0.25, 0.3) is 0 Å². The van der Waals surface area contributed by atoms with E-state index in [0.717, 1.165) is 64.5 Å². The van der Waals surface area contributed by atoms with Crippen LogP contribution in [0.3, 0.4) is 0 Å². The molecule has 0 radical (unpaired) electrons. The highest BCUT2D eigenvalue weighted by atomic mass is 16.2. The fourth-order valence-corrected chi connectivity index (χ4v) is 3.63. The van der Waals surface area contributed by atoms with Gasteiger partial charge in [0.2, 0.25) is 11.8 Å². The summed E-state index contributed by atoms with van der Waals surface area (Å²) in [6, 6.07) is 8.08. The van der Waals surface area contributed by atoms with E-state index in [1.54, 1.807) is 0 Å². The van der Waals surface area contributed by atoms with Crippen LogP contribution in [0.2, 0.25) is 0 Å². The smallest absolute Gasteiger partial charge is 0.227 e. The summed E-state index contributed by atoms with van der Waals surface area (Å²) in [5.41, 5.74) is 2.28. The highest BCUT2D eigenvalue weighted by molar-refractivity contribution is 5.79. The highest BCUT2D eigenvalue weighted by Gasteiger charge is 2.23. The zero-order valence-electron chi connectivity index (χ0n) is 15.7. The van der Waals surface area contributed by atoms with E-state index in [9.17, 15) is 9.59 Å². The maximum atomic E-state index is 12.5. The lowest BCUT2D eigenvalue weighted by Gasteiger charge is -2.35. The number of aryl methyl sites for hydroxylation is 1. The Bertz CT molecular complexity index is 620. The standard InChI is InChI=1S/C20H30N4O2/c1-17-4-2-3-5-18(17)16-20(26)24-14-12-22(13-15-24)9-6-19(25)23-10-7-21-8-11-23/h2-5,21H,6-16H2,1H3. The number of nitrogens with zero attached hydrogens (tertiary/aromatic N) is 3. The number of benzene rings is 1. The third-order valence-corrected chi connectivity index (χ3v) is 5.44. The second kappa shape index (κ2) is 9.14. The molecule has 1 aromatic rings. The molecule has 3 rings (SSSR count). The SMILES string of the molecule is Cc1ccccc1CC(=O)N1CCN(CCC(=O)N2CCNCC2)CC1. The van der Waals surface area contributed by atoms with Crippen molar-refractivity contribution >= 4 is 11.8 Å². The quantitative estimate of drug-likeness (QED) is 0.833. The van der Waals surface area contributed by atoms with Gasteiger partial charge >= 0.3 is 0 Å². The van der Waals surface area contributed by atoms with E-state index in [0.29, 0.717) is 12.8 Å². The molecule has 0 atom stereocenters. The highest BCUT2D eigenvalue weighted by Crippen LogP contribution is 2.11. The van der Waals surface area contributed by atoms with Crippen LogP contribution in [0.25, 0.3) is 0 Å². The molecule has 0 unspecified atom stereocenters. The molecular formula is C20H30N4O2. The molecule has 1 aromatic carbocycles. The van der Waals surface area contributed by atoms with E-state index >= 15 is 0 Å². The monoisotopic (exact) mass is 358 g/mol. The lowest BCUT2D eigenvalue weighted by molar-refractivity contribution is -0.134. The summed E-state index contributed by atoms with van der Waals surface area (Å²) in [6.07, 6.45) is 1.06. The zero-order valence-corrected chi connectivity index (χ0v) is 15.7. The average molecular weight is 358 g/mol. The number of rotatable bonds is 5. The molecule has 6 heteroatoms. The Kier molecular flexibility index (Phi) is 6.63. The predicted molar refractivity (Wildman–Crippen MR) is 102 cm³/mol. The van der Waals surface area contributed by atoms with Crippen molar-refractivity contribution in [3.05, 3.63) is 35.4 Å². The van der Waals surface area contributed by atoms with E-state index < -0.39 is 0 Å². The lowest BCUT2D eigenvalue weighted by atomic mass is 10.1. The van der Waals surface area contributed by atoms with Gasteiger partial charge in [0, 0.05) is 65.3 Å². The lowest BCUT2D eigenvalue weighted by Crippen LogP contribution is -2.50. The van der Waals surface area contributed by atoms with Crippen molar-refractivity contribution in [3.63, 3.8) is 0 Å². The van der Waals surface area contributed by atoms with Crippen molar-refractivity contribution in [2.45, 2.75) is 19.8 Å². The summed E-state index contributed by atoms with van der Waals surface area (Å²) in [4.78, 5) is 31.0. The van der Waals surface area contributed by atoms with Crippen LogP contribution < -0.4 is 5.32 Å². The van der Waals surface area contributed by atoms with E-state index in [-0.39, 0.29) is 11.8 Å². The van der Waals surface area contributed by atoms with Gasteiger partial charge in [-0.05, 0) is 18.1 Å². The fourth-order valence-electron chi connectivity index (χ4n) is 3.63. The Morgan fingerprint density at radius 1 is 0.923 bits per heavy atom. The first-order valence-electron chi connectivity index (χ1n) is 9.66. The summed E-state index contributed by atoms with van der Waals surface area (Å²) in [5.74, 6) is 0.459. The Morgan fingerprint density at radius 2 is 1.58 bits per heavy atom. The van der Waals surface area contributed by atoms with E-state index in [1.165, 1.54) is 5.56 Å². The van der Waals surface area contributed by atoms with Crippen molar-refractivity contribution in [2.75, 3.05) is 58.9 Å². The number of carbonyl (C=O) groups excluding carboxylic acids is 2. The van der Waals surface area contributed by atoms with Crippen LogP contribution in [0.5, 0.6) is 0 Å². The van der Waals surface area contributed by atoms with Crippen molar-refractivity contribution in [3.8, 4) is 0 Å². The van der Waals surface area contributed by atoms with E-state index in [4.69, 9.17) is 0 Å². The Hall–Kier alpha value is -1.92. The predicted octanol–water partition coefficient (Wildman–Crippen LogP) is 0.504. The molecule has 0 aliphatic carbocycles. The van der Waals surface area contributed by atoms with Crippen molar-refractivity contribution in [2.24, 2.45) is 0 Å². The molecule has 2 amide bonds. The minimum absolute atomic E-state index is 0.204. The van der Waals surface area contributed by atoms with E-state index in [1.807, 2.05) is 28.0 Å². The van der Waals surface area contributed by atoms with Gasteiger partial charge in [0.05, 0.1) is 6.42 Å². The van der Waals surface area contributed by atoms with Crippen LogP contribution in [-0.4, -0.2) is 85.4 Å². The van der Waals surface area contributed by atoms with Gasteiger partial charge in [-0.1, -0.05) is 24.3 Å². The largest absolute Gasteiger partial charge is 0.340 e. The first-order chi connectivity index (χ1) is 12.6. The van der Waals surface area contributed by atoms with Gasteiger partial charge in [-0.25, -0.2) is 0 Å². The molecular weight excluding hydrogens is 328 g/mol. The summed E-state index contributed by atoms with van der Waals surface area (Å²) in [6.45, 7) is 9.50. The van der Waals surface area contributed by atoms with Crippen LogP contribution in [0, 0.1) is 6.92 Å². The first-order valence-corrected chi connectivity index (χ1v) is 9.66. The number of carbonyl (C=O) groups is 2. The number of amides is 2. The number of piperazine rings is 2. The topological polar surface area (TPSA) is 55.9 Å². The van der Waals surface area contributed by atoms with Crippen LogP contribution in [0.15, 0.2) is 24.3 Å². The van der Waals surface area contributed by atoms with Gasteiger partial charge in [-0.3, -0.25) is 14.5 Å². The maximum Gasteiger partial charge on any atom is 0.227 e. The third-order valence-electron chi connectivity index (χ3n) is 5.44. The second-order valence-electron chi connectivity index (χ2n) is 7.21. The molecule has 0 saturated carbocycles. The van der Waals surface area contributed by atoms with Gasteiger partial charge in [-0.15, -0.1) is 0 Å². The van der Waals surface area contributed by atoms with Crippen LogP contribution >= 0.6 is 0 Å².